The van der Waals surface area contributed by atoms with Gasteiger partial charge in [0.1, 0.15) is 5.75 Å². The van der Waals surface area contributed by atoms with Crippen LogP contribution in [-0.4, -0.2) is 12.9 Å². The lowest BCUT2D eigenvalue weighted by Gasteiger charge is -2.37. The molecule has 2 nitrogen and oxygen atoms in total. The van der Waals surface area contributed by atoms with Crippen molar-refractivity contribution in [1.82, 2.24) is 0 Å². The molecule has 0 heterocycles. The molecule has 1 fully saturated rings. The minimum Gasteiger partial charge on any atom is -0.405 e. The fourth-order valence-electron chi connectivity index (χ4n) is 2.27. The van der Waals surface area contributed by atoms with E-state index in [-0.39, 0.29) is 17.6 Å². The second-order valence-electron chi connectivity index (χ2n) is 4.27. The van der Waals surface area contributed by atoms with Gasteiger partial charge in [-0.05, 0) is 42.9 Å². The van der Waals surface area contributed by atoms with Crippen LogP contribution in [0.1, 0.15) is 24.3 Å². The Bertz CT molecular complexity index is 390. The summed E-state index contributed by atoms with van der Waals surface area (Å²) in [5.41, 5.74) is 6.19. The van der Waals surface area contributed by atoms with Crippen molar-refractivity contribution in [2.75, 3.05) is 6.54 Å². The smallest absolute Gasteiger partial charge is 0.405 e. The molecule has 0 spiro atoms. The molecule has 1 aliphatic carbocycles. The summed E-state index contributed by atoms with van der Waals surface area (Å²) >= 11 is 0. The minimum absolute atomic E-state index is 0.0943. The molecule has 1 aromatic rings. The summed E-state index contributed by atoms with van der Waals surface area (Å²) < 4.78 is 40.8. The number of alkyl halides is 3. The molecule has 0 saturated heterocycles. The second-order valence-corrected chi connectivity index (χ2v) is 4.27. The molecular weight excluding hydrogens is 231 g/mol. The zero-order valence-electron chi connectivity index (χ0n) is 9.20. The van der Waals surface area contributed by atoms with Gasteiger partial charge in [-0.2, -0.15) is 0 Å². The van der Waals surface area contributed by atoms with Gasteiger partial charge in [0, 0.05) is 0 Å². The quantitative estimate of drug-likeness (QED) is 0.888. The van der Waals surface area contributed by atoms with E-state index in [1.165, 1.54) is 6.07 Å². The predicted molar refractivity (Wildman–Crippen MR) is 57.6 cm³/mol. The highest BCUT2D eigenvalue weighted by atomic mass is 19.4. The molecule has 1 aromatic carbocycles. The van der Waals surface area contributed by atoms with Crippen LogP contribution in [0.4, 0.5) is 13.2 Å². The van der Waals surface area contributed by atoms with E-state index < -0.39 is 6.36 Å². The molecule has 2 rings (SSSR count). The average Bonchev–Trinajstić information content (AvgIpc) is 2.18. The van der Waals surface area contributed by atoms with Gasteiger partial charge in [0.25, 0.3) is 0 Å². The Morgan fingerprint density at radius 2 is 1.94 bits per heavy atom. The Hall–Kier alpha value is -1.23. The standard InChI is InChI=1S/C12H14F3NO/c13-12(14,15)17-11-4-2-1-3-10(11)9-6-5-8(9)7-16/h1-4,8-9H,5-7,16H2. The Kier molecular flexibility index (Phi) is 3.28. The molecule has 2 atom stereocenters. The number of ether oxygens (including phenoxy) is 1. The van der Waals surface area contributed by atoms with Gasteiger partial charge in [-0.15, -0.1) is 13.2 Å². The summed E-state index contributed by atoms with van der Waals surface area (Å²) in [7, 11) is 0. The molecule has 94 valence electrons. The Morgan fingerprint density at radius 1 is 1.24 bits per heavy atom. The molecule has 17 heavy (non-hydrogen) atoms. The van der Waals surface area contributed by atoms with Gasteiger partial charge >= 0.3 is 6.36 Å². The monoisotopic (exact) mass is 245 g/mol. The van der Waals surface area contributed by atoms with Crippen LogP contribution in [0, 0.1) is 5.92 Å². The van der Waals surface area contributed by atoms with E-state index in [1.807, 2.05) is 0 Å². The molecule has 2 unspecified atom stereocenters. The lowest BCUT2D eigenvalue weighted by molar-refractivity contribution is -0.275. The van der Waals surface area contributed by atoms with Crippen molar-refractivity contribution in [3.63, 3.8) is 0 Å². The van der Waals surface area contributed by atoms with E-state index in [1.54, 1.807) is 18.2 Å². The largest absolute Gasteiger partial charge is 0.573 e. The topological polar surface area (TPSA) is 35.2 Å². The molecule has 0 radical (unpaired) electrons. The maximum atomic E-state index is 12.2. The SMILES string of the molecule is NCC1CCC1c1ccccc1OC(F)(F)F. The van der Waals surface area contributed by atoms with Crippen LogP contribution in [0.15, 0.2) is 24.3 Å². The lowest BCUT2D eigenvalue weighted by atomic mass is 9.70. The van der Waals surface area contributed by atoms with Crippen LogP contribution in [0.25, 0.3) is 0 Å². The molecule has 1 aliphatic rings. The maximum Gasteiger partial charge on any atom is 0.573 e. The Morgan fingerprint density at radius 3 is 2.47 bits per heavy atom. The first-order valence-corrected chi connectivity index (χ1v) is 5.56. The number of halogens is 3. The summed E-state index contributed by atoms with van der Waals surface area (Å²) in [5.74, 6) is 0.273. The van der Waals surface area contributed by atoms with Crippen LogP contribution in [0.3, 0.4) is 0 Å². The normalized spacial score (nSPS) is 24.2. The Balaban J connectivity index is 2.22. The van der Waals surface area contributed by atoms with Gasteiger partial charge in [-0.1, -0.05) is 18.2 Å². The summed E-state index contributed by atoms with van der Waals surface area (Å²) in [5, 5.41) is 0. The lowest BCUT2D eigenvalue weighted by Crippen LogP contribution is -2.31. The zero-order valence-corrected chi connectivity index (χ0v) is 9.20. The third-order valence-electron chi connectivity index (χ3n) is 3.26. The number of nitrogens with two attached hydrogens (primary N) is 1. The van der Waals surface area contributed by atoms with Crippen molar-refractivity contribution in [1.29, 1.82) is 0 Å². The molecule has 0 aliphatic heterocycles. The first kappa shape index (κ1) is 12.2. The maximum absolute atomic E-state index is 12.2. The third kappa shape index (κ3) is 2.72. The summed E-state index contributed by atoms with van der Waals surface area (Å²) in [6.07, 6.45) is -2.79. The minimum atomic E-state index is -4.64. The van der Waals surface area contributed by atoms with E-state index >= 15 is 0 Å². The fourth-order valence-corrected chi connectivity index (χ4v) is 2.27. The number of hydrogen-bond donors (Lipinski definition) is 1. The summed E-state index contributed by atoms with van der Waals surface area (Å²) in [6.45, 7) is 0.505. The van der Waals surface area contributed by atoms with E-state index in [0.717, 1.165) is 12.8 Å². The highest BCUT2D eigenvalue weighted by Crippen LogP contribution is 2.45. The first-order chi connectivity index (χ1) is 8.01. The van der Waals surface area contributed by atoms with Crippen molar-refractivity contribution in [2.24, 2.45) is 11.7 Å². The van der Waals surface area contributed by atoms with Crippen molar-refractivity contribution in [2.45, 2.75) is 25.1 Å². The van der Waals surface area contributed by atoms with Crippen LogP contribution in [0.5, 0.6) is 5.75 Å². The molecule has 1 saturated carbocycles. The van der Waals surface area contributed by atoms with Gasteiger partial charge in [0.15, 0.2) is 0 Å². The summed E-state index contributed by atoms with van der Waals surface area (Å²) in [6, 6.07) is 6.31. The highest BCUT2D eigenvalue weighted by molar-refractivity contribution is 5.38. The van der Waals surface area contributed by atoms with E-state index in [4.69, 9.17) is 5.73 Å². The van der Waals surface area contributed by atoms with E-state index in [9.17, 15) is 13.2 Å². The van der Waals surface area contributed by atoms with Gasteiger partial charge in [0.2, 0.25) is 0 Å². The molecule has 5 heteroatoms. The number of hydrogen-bond acceptors (Lipinski definition) is 2. The van der Waals surface area contributed by atoms with Gasteiger partial charge in [-0.25, -0.2) is 0 Å². The first-order valence-electron chi connectivity index (χ1n) is 5.56. The van der Waals surface area contributed by atoms with Gasteiger partial charge in [-0.3, -0.25) is 0 Å². The third-order valence-corrected chi connectivity index (χ3v) is 3.26. The number of benzene rings is 1. The van der Waals surface area contributed by atoms with E-state index in [2.05, 4.69) is 4.74 Å². The second kappa shape index (κ2) is 4.56. The van der Waals surface area contributed by atoms with Crippen LogP contribution in [-0.2, 0) is 0 Å². The van der Waals surface area contributed by atoms with E-state index in [0.29, 0.717) is 12.1 Å². The highest BCUT2D eigenvalue weighted by Gasteiger charge is 2.36. The fraction of sp³-hybridized carbons (Fsp3) is 0.500. The van der Waals surface area contributed by atoms with Crippen molar-refractivity contribution in [3.05, 3.63) is 29.8 Å². The van der Waals surface area contributed by atoms with Crippen molar-refractivity contribution >= 4 is 0 Å². The van der Waals surface area contributed by atoms with Crippen LogP contribution < -0.4 is 10.5 Å². The van der Waals surface area contributed by atoms with Gasteiger partial charge in [0.05, 0.1) is 0 Å². The number of para-hydroxylation sites is 1. The van der Waals surface area contributed by atoms with Gasteiger partial charge < -0.3 is 10.5 Å². The Labute approximate surface area is 97.6 Å². The molecule has 0 amide bonds. The summed E-state index contributed by atoms with van der Waals surface area (Å²) in [4.78, 5) is 0. The number of rotatable bonds is 3. The molecular formula is C12H14F3NO. The van der Waals surface area contributed by atoms with Crippen LogP contribution in [0.2, 0.25) is 0 Å². The zero-order chi connectivity index (χ0) is 12.5. The predicted octanol–water partition coefficient (Wildman–Crippen LogP) is 3.04. The molecule has 0 aromatic heterocycles. The van der Waals surface area contributed by atoms with Crippen molar-refractivity contribution in [3.8, 4) is 5.75 Å². The molecule has 0 bridgehead atoms. The van der Waals surface area contributed by atoms with Crippen molar-refractivity contribution < 1.29 is 17.9 Å². The average molecular weight is 245 g/mol. The molecule has 2 N–H and O–H groups in total. The van der Waals surface area contributed by atoms with Crippen LogP contribution >= 0.6 is 0 Å².